The van der Waals surface area contributed by atoms with E-state index in [2.05, 4.69) is 59.5 Å². The lowest BCUT2D eigenvalue weighted by Gasteiger charge is -2.30. The fraction of sp³-hybridized carbons (Fsp3) is 0.348. The minimum absolute atomic E-state index is 0.206. The van der Waals surface area contributed by atoms with Crippen molar-refractivity contribution in [3.8, 4) is 0 Å². The minimum atomic E-state index is -0.651. The Bertz CT molecular complexity index is 811. The van der Waals surface area contributed by atoms with E-state index in [9.17, 15) is 9.90 Å². The van der Waals surface area contributed by atoms with Crippen molar-refractivity contribution in [2.75, 3.05) is 19.6 Å². The number of carboxylic acids is 1. The maximum Gasteiger partial charge on any atom is 0.307 e. The molecule has 1 N–H and O–H groups in total. The molecular weight excluding hydrogens is 354 g/mol. The van der Waals surface area contributed by atoms with E-state index in [4.69, 9.17) is 0 Å². The number of carboxylic acid groups (broad SMARTS) is 1. The van der Waals surface area contributed by atoms with Gasteiger partial charge in [0.2, 0.25) is 0 Å². The van der Waals surface area contributed by atoms with Gasteiger partial charge in [-0.1, -0.05) is 48.5 Å². The number of aliphatic carboxylic acids is 1. The first-order valence-corrected chi connectivity index (χ1v) is 10.7. The maximum atomic E-state index is 11.3. The van der Waals surface area contributed by atoms with Gasteiger partial charge in [-0.25, -0.2) is 0 Å². The number of hydrogen-bond donors (Lipinski definition) is 1. The van der Waals surface area contributed by atoms with E-state index < -0.39 is 5.97 Å². The Labute approximate surface area is 165 Å². The van der Waals surface area contributed by atoms with Gasteiger partial charge in [0.05, 0.1) is 5.92 Å². The van der Waals surface area contributed by atoms with Crippen LogP contribution in [0.5, 0.6) is 0 Å². The first kappa shape index (κ1) is 18.3. The van der Waals surface area contributed by atoms with Crippen molar-refractivity contribution in [2.24, 2.45) is 5.92 Å². The van der Waals surface area contributed by atoms with Crippen LogP contribution >= 0.6 is 11.8 Å². The molecule has 0 spiro atoms. The second-order valence-corrected chi connectivity index (χ2v) is 8.34. The highest BCUT2D eigenvalue weighted by Gasteiger charge is 2.25. The Balaban J connectivity index is 1.56. The fourth-order valence-electron chi connectivity index (χ4n) is 4.10. The molecular formula is C23H25NO2S. The molecule has 1 unspecified atom stereocenters. The number of rotatable bonds is 4. The van der Waals surface area contributed by atoms with E-state index in [-0.39, 0.29) is 5.92 Å². The quantitative estimate of drug-likeness (QED) is 0.819. The number of benzene rings is 2. The number of piperidine rings is 1. The molecule has 3 nitrogen and oxygen atoms in total. The van der Waals surface area contributed by atoms with E-state index in [1.807, 2.05) is 11.8 Å². The standard InChI is InChI=1S/C23H25NO2S/c25-23(26)17-8-5-13-24(15-17)14-6-11-20-19-9-2-1-7-18(19)16-27-22-12-4-3-10-21(20)22/h1-4,7,9-12,17H,5-6,8,13-16H2,(H,25,26)/b20-11+. The first-order valence-electron chi connectivity index (χ1n) is 9.68. The molecule has 0 aromatic heterocycles. The zero-order valence-corrected chi connectivity index (χ0v) is 16.3. The van der Waals surface area contributed by atoms with Crippen molar-refractivity contribution < 1.29 is 9.90 Å². The largest absolute Gasteiger partial charge is 0.481 e. The van der Waals surface area contributed by atoms with Gasteiger partial charge in [-0.3, -0.25) is 4.79 Å². The summed E-state index contributed by atoms with van der Waals surface area (Å²) in [6.07, 6.45) is 5.09. The van der Waals surface area contributed by atoms with Gasteiger partial charge in [-0.05, 0) is 54.1 Å². The van der Waals surface area contributed by atoms with Gasteiger partial charge >= 0.3 is 5.97 Å². The summed E-state index contributed by atoms with van der Waals surface area (Å²) < 4.78 is 0. The molecule has 0 saturated carbocycles. The molecule has 2 aliphatic rings. The molecule has 1 saturated heterocycles. The van der Waals surface area contributed by atoms with Gasteiger partial charge in [0, 0.05) is 23.7 Å². The Hall–Kier alpha value is -2.04. The van der Waals surface area contributed by atoms with Crippen LogP contribution in [0.1, 0.15) is 36.0 Å². The normalized spacial score (nSPS) is 21.3. The van der Waals surface area contributed by atoms with Gasteiger partial charge in [0.25, 0.3) is 0 Å². The fourth-order valence-corrected chi connectivity index (χ4v) is 5.17. The molecule has 4 rings (SSSR count). The Kier molecular flexibility index (Phi) is 5.65. The lowest BCUT2D eigenvalue weighted by molar-refractivity contribution is -0.143. The first-order chi connectivity index (χ1) is 13.2. The molecule has 2 aromatic rings. The number of nitrogens with zero attached hydrogens (tertiary/aromatic N) is 1. The second kappa shape index (κ2) is 8.32. The number of hydrogen-bond acceptors (Lipinski definition) is 3. The Morgan fingerprint density at radius 2 is 1.93 bits per heavy atom. The average molecular weight is 380 g/mol. The van der Waals surface area contributed by atoms with E-state index in [1.54, 1.807) is 0 Å². The zero-order valence-electron chi connectivity index (χ0n) is 15.4. The summed E-state index contributed by atoms with van der Waals surface area (Å²) in [7, 11) is 0. The lowest BCUT2D eigenvalue weighted by atomic mass is 9.93. The molecule has 0 aliphatic carbocycles. The van der Waals surface area contributed by atoms with Gasteiger partial charge in [-0.15, -0.1) is 11.8 Å². The van der Waals surface area contributed by atoms with Crippen LogP contribution in [0, 0.1) is 5.92 Å². The van der Waals surface area contributed by atoms with Crippen molar-refractivity contribution in [2.45, 2.75) is 29.9 Å². The Morgan fingerprint density at radius 3 is 2.78 bits per heavy atom. The van der Waals surface area contributed by atoms with E-state index >= 15 is 0 Å². The third-order valence-electron chi connectivity index (χ3n) is 5.52. The lowest BCUT2D eigenvalue weighted by Crippen LogP contribution is -2.39. The van der Waals surface area contributed by atoms with Crippen LogP contribution in [0.2, 0.25) is 0 Å². The van der Waals surface area contributed by atoms with Crippen LogP contribution in [0.25, 0.3) is 5.57 Å². The van der Waals surface area contributed by atoms with Crippen molar-refractivity contribution >= 4 is 23.3 Å². The average Bonchev–Trinajstić information content (AvgIpc) is 2.86. The number of thioether (sulfide) groups is 1. The monoisotopic (exact) mass is 379 g/mol. The number of likely N-dealkylation sites (tertiary alicyclic amines) is 1. The highest BCUT2D eigenvalue weighted by atomic mass is 32.2. The summed E-state index contributed by atoms with van der Waals surface area (Å²) >= 11 is 1.90. The van der Waals surface area contributed by atoms with Crippen molar-refractivity contribution in [1.29, 1.82) is 0 Å². The van der Waals surface area contributed by atoms with E-state index in [1.165, 1.54) is 27.2 Å². The molecule has 4 heteroatoms. The van der Waals surface area contributed by atoms with Crippen LogP contribution in [0.3, 0.4) is 0 Å². The molecule has 140 valence electrons. The van der Waals surface area contributed by atoms with Crippen molar-refractivity contribution in [1.82, 2.24) is 4.90 Å². The molecule has 0 bridgehead atoms. The van der Waals surface area contributed by atoms with Crippen LogP contribution in [0.15, 0.2) is 59.5 Å². The summed E-state index contributed by atoms with van der Waals surface area (Å²) in [4.78, 5) is 14.9. The third kappa shape index (κ3) is 4.12. The summed E-state index contributed by atoms with van der Waals surface area (Å²) in [5.41, 5.74) is 5.35. The SMILES string of the molecule is O=C(O)C1CCCN(CC/C=C2\c3ccccc3CSc3ccccc32)C1. The van der Waals surface area contributed by atoms with Gasteiger partial charge in [0.15, 0.2) is 0 Å². The summed E-state index contributed by atoms with van der Waals surface area (Å²) in [6, 6.07) is 17.3. The molecule has 2 aliphatic heterocycles. The van der Waals surface area contributed by atoms with Crippen LogP contribution in [0.4, 0.5) is 0 Å². The summed E-state index contributed by atoms with van der Waals surface area (Å²) in [5.74, 6) is 0.139. The van der Waals surface area contributed by atoms with Crippen molar-refractivity contribution in [3.05, 3.63) is 71.3 Å². The predicted molar refractivity (Wildman–Crippen MR) is 111 cm³/mol. The zero-order chi connectivity index (χ0) is 18.6. The molecule has 0 radical (unpaired) electrons. The number of carbonyl (C=O) groups is 1. The smallest absolute Gasteiger partial charge is 0.307 e. The van der Waals surface area contributed by atoms with Crippen molar-refractivity contribution in [3.63, 3.8) is 0 Å². The highest BCUT2D eigenvalue weighted by Crippen LogP contribution is 2.40. The molecule has 2 aromatic carbocycles. The van der Waals surface area contributed by atoms with Gasteiger partial charge in [-0.2, -0.15) is 0 Å². The third-order valence-corrected chi connectivity index (χ3v) is 6.64. The topological polar surface area (TPSA) is 40.5 Å². The van der Waals surface area contributed by atoms with E-state index in [0.717, 1.165) is 38.1 Å². The van der Waals surface area contributed by atoms with E-state index in [0.29, 0.717) is 6.54 Å². The van der Waals surface area contributed by atoms with Crippen LogP contribution in [-0.2, 0) is 10.5 Å². The summed E-state index contributed by atoms with van der Waals surface area (Å²) in [5, 5.41) is 9.29. The van der Waals surface area contributed by atoms with Gasteiger partial charge < -0.3 is 10.0 Å². The predicted octanol–water partition coefficient (Wildman–Crippen LogP) is 4.91. The van der Waals surface area contributed by atoms with Crippen LogP contribution in [-0.4, -0.2) is 35.6 Å². The molecule has 1 fully saturated rings. The Morgan fingerprint density at radius 1 is 1.15 bits per heavy atom. The van der Waals surface area contributed by atoms with Gasteiger partial charge in [0.1, 0.15) is 0 Å². The van der Waals surface area contributed by atoms with Crippen LogP contribution < -0.4 is 0 Å². The number of fused-ring (bicyclic) bond motifs is 2. The minimum Gasteiger partial charge on any atom is -0.481 e. The molecule has 27 heavy (non-hydrogen) atoms. The summed E-state index contributed by atoms with van der Waals surface area (Å²) in [6.45, 7) is 2.61. The second-order valence-electron chi connectivity index (χ2n) is 7.33. The highest BCUT2D eigenvalue weighted by molar-refractivity contribution is 7.98. The molecule has 2 heterocycles. The molecule has 1 atom stereocenters. The maximum absolute atomic E-state index is 11.3. The molecule has 0 amide bonds.